The average Bonchev–Trinajstić information content (AvgIpc) is 3.51. The fraction of sp³-hybridized carbons (Fsp3) is 0.364. The number of benzene rings is 1. The van der Waals surface area contributed by atoms with Crippen LogP contribution in [0.15, 0.2) is 46.8 Å². The van der Waals surface area contributed by atoms with E-state index in [1.165, 1.54) is 24.5 Å². The molecule has 2 aromatic heterocycles. The van der Waals surface area contributed by atoms with Crippen LogP contribution in [0.4, 0.5) is 15.9 Å². The minimum absolute atomic E-state index is 0.00836. The fourth-order valence-corrected chi connectivity index (χ4v) is 4.85. The predicted molar refractivity (Wildman–Crippen MR) is 122 cm³/mol. The summed E-state index contributed by atoms with van der Waals surface area (Å²) in [7, 11) is 0. The number of nitrogens with zero attached hydrogens (tertiary/aromatic N) is 5. The van der Waals surface area contributed by atoms with Crippen LogP contribution in [0.2, 0.25) is 0 Å². The van der Waals surface area contributed by atoms with Crippen LogP contribution in [0, 0.1) is 15.9 Å². The second kappa shape index (κ2) is 10.7. The van der Waals surface area contributed by atoms with Crippen molar-refractivity contribution in [2.24, 2.45) is 0 Å². The zero-order valence-electron chi connectivity index (χ0n) is 18.2. The molecule has 1 aliphatic rings. The highest BCUT2D eigenvalue weighted by Crippen LogP contribution is 2.35. The van der Waals surface area contributed by atoms with E-state index in [4.69, 9.17) is 5.11 Å². The number of halogens is 1. The number of carbonyl (C=O) groups is 1. The molecular weight excluding hydrogens is 463 g/mol. The molecule has 0 unspecified atom stereocenters. The van der Waals surface area contributed by atoms with Crippen LogP contribution in [-0.2, 0) is 6.54 Å². The molecule has 34 heavy (non-hydrogen) atoms. The minimum atomic E-state index is -0.729. The molecule has 4 rings (SSSR count). The standard InChI is InChI=1S/C22H23FN6O4S/c23-18-10-15(14-4-1-2-5-14)12-24-20(18)26-21(31)17-11-16(29(32)33)6-7-19(17)34-22-27-25-13-28(22)8-3-9-30/h6-7,10-14,30H,1-5,8-9H2,(H,24,26,31). The van der Waals surface area contributed by atoms with Crippen molar-refractivity contribution in [3.63, 3.8) is 0 Å². The Kier molecular flexibility index (Phi) is 7.48. The van der Waals surface area contributed by atoms with E-state index < -0.39 is 16.6 Å². The molecule has 0 bridgehead atoms. The second-order valence-electron chi connectivity index (χ2n) is 7.96. The number of aromatic nitrogens is 4. The number of rotatable bonds is 9. The van der Waals surface area contributed by atoms with Crippen molar-refractivity contribution in [3.8, 4) is 0 Å². The summed E-state index contributed by atoms with van der Waals surface area (Å²) >= 11 is 1.09. The monoisotopic (exact) mass is 486 g/mol. The van der Waals surface area contributed by atoms with Gasteiger partial charge in [0.2, 0.25) is 0 Å². The van der Waals surface area contributed by atoms with Crippen LogP contribution < -0.4 is 5.32 Å². The molecule has 0 atom stereocenters. The van der Waals surface area contributed by atoms with Crippen LogP contribution in [0.3, 0.4) is 0 Å². The van der Waals surface area contributed by atoms with Gasteiger partial charge in [-0.1, -0.05) is 12.8 Å². The number of non-ortho nitro benzene ring substituents is 1. The third kappa shape index (κ3) is 5.39. The van der Waals surface area contributed by atoms with Gasteiger partial charge < -0.3 is 15.0 Å². The van der Waals surface area contributed by atoms with Gasteiger partial charge in [-0.25, -0.2) is 9.37 Å². The Labute approximate surface area is 198 Å². The smallest absolute Gasteiger partial charge is 0.270 e. The summed E-state index contributed by atoms with van der Waals surface area (Å²) < 4.78 is 16.4. The summed E-state index contributed by atoms with van der Waals surface area (Å²) in [6.45, 7) is 0.453. The lowest BCUT2D eigenvalue weighted by Crippen LogP contribution is -2.16. The van der Waals surface area contributed by atoms with Crippen LogP contribution in [-0.4, -0.2) is 42.3 Å². The van der Waals surface area contributed by atoms with Gasteiger partial charge in [0, 0.05) is 36.4 Å². The Morgan fingerprint density at radius 3 is 2.82 bits per heavy atom. The first-order valence-corrected chi connectivity index (χ1v) is 11.7. The SMILES string of the molecule is O=C(Nc1ncc(C2CCCC2)cc1F)c1cc([N+](=O)[O-])ccc1Sc1nncn1CCCO. The van der Waals surface area contributed by atoms with E-state index in [0.29, 0.717) is 23.0 Å². The molecule has 1 amide bonds. The number of nitro groups is 1. The molecule has 178 valence electrons. The molecule has 1 aliphatic carbocycles. The first kappa shape index (κ1) is 23.8. The maximum atomic E-state index is 14.7. The fourth-order valence-electron chi connectivity index (χ4n) is 3.92. The van der Waals surface area contributed by atoms with Gasteiger partial charge in [-0.2, -0.15) is 0 Å². The Balaban J connectivity index is 1.59. The number of aliphatic hydroxyl groups excluding tert-OH is 1. The molecule has 1 saturated carbocycles. The Hall–Kier alpha value is -3.38. The maximum Gasteiger partial charge on any atom is 0.270 e. The largest absolute Gasteiger partial charge is 0.396 e. The summed E-state index contributed by atoms with van der Waals surface area (Å²) in [5.41, 5.74) is 0.514. The maximum absolute atomic E-state index is 14.7. The summed E-state index contributed by atoms with van der Waals surface area (Å²) in [6, 6.07) is 5.25. The lowest BCUT2D eigenvalue weighted by molar-refractivity contribution is -0.384. The molecule has 0 saturated heterocycles. The van der Waals surface area contributed by atoms with Gasteiger partial charge in [-0.3, -0.25) is 14.9 Å². The zero-order chi connectivity index (χ0) is 24.1. The molecular formula is C22H23FN6O4S. The quantitative estimate of drug-likeness (QED) is 0.340. The van der Waals surface area contributed by atoms with Gasteiger partial charge in [0.25, 0.3) is 11.6 Å². The van der Waals surface area contributed by atoms with Crippen molar-refractivity contribution < 1.29 is 19.2 Å². The van der Waals surface area contributed by atoms with E-state index in [0.717, 1.165) is 49.1 Å². The Morgan fingerprint density at radius 2 is 2.12 bits per heavy atom. The van der Waals surface area contributed by atoms with Gasteiger partial charge >= 0.3 is 0 Å². The summed E-state index contributed by atoms with van der Waals surface area (Å²) in [5.74, 6) is -1.34. The molecule has 1 aromatic carbocycles. The molecule has 3 aromatic rings. The number of hydrogen-bond donors (Lipinski definition) is 2. The van der Waals surface area contributed by atoms with E-state index in [9.17, 15) is 19.3 Å². The lowest BCUT2D eigenvalue weighted by Gasteiger charge is -2.13. The number of hydrogen-bond acceptors (Lipinski definition) is 8. The number of aliphatic hydroxyl groups is 1. The number of aryl methyl sites for hydroxylation is 1. The van der Waals surface area contributed by atoms with Crippen LogP contribution in [0.25, 0.3) is 0 Å². The number of pyridine rings is 1. The third-order valence-corrected chi connectivity index (χ3v) is 6.75. The van der Waals surface area contributed by atoms with E-state index in [1.54, 1.807) is 10.8 Å². The third-order valence-electron chi connectivity index (χ3n) is 5.68. The van der Waals surface area contributed by atoms with Crippen molar-refractivity contribution >= 4 is 29.2 Å². The first-order chi connectivity index (χ1) is 16.5. The first-order valence-electron chi connectivity index (χ1n) is 10.9. The number of nitrogens with one attached hydrogen (secondary N) is 1. The zero-order valence-corrected chi connectivity index (χ0v) is 19.0. The molecule has 10 nitrogen and oxygen atoms in total. The topological polar surface area (TPSA) is 136 Å². The van der Waals surface area contributed by atoms with Crippen molar-refractivity contribution in [2.75, 3.05) is 11.9 Å². The Morgan fingerprint density at radius 1 is 1.32 bits per heavy atom. The molecule has 2 N–H and O–H groups in total. The average molecular weight is 487 g/mol. The van der Waals surface area contributed by atoms with E-state index in [1.807, 2.05) is 0 Å². The highest BCUT2D eigenvalue weighted by molar-refractivity contribution is 7.99. The molecule has 1 fully saturated rings. The van der Waals surface area contributed by atoms with Crippen molar-refractivity contribution in [2.45, 2.75) is 54.6 Å². The molecule has 2 heterocycles. The van der Waals surface area contributed by atoms with Crippen molar-refractivity contribution in [1.29, 1.82) is 0 Å². The normalized spacial score (nSPS) is 13.8. The predicted octanol–water partition coefficient (Wildman–Crippen LogP) is 4.16. The highest BCUT2D eigenvalue weighted by Gasteiger charge is 2.22. The van der Waals surface area contributed by atoms with Gasteiger partial charge in [0.15, 0.2) is 16.8 Å². The molecule has 0 aliphatic heterocycles. The lowest BCUT2D eigenvalue weighted by atomic mass is 9.99. The summed E-state index contributed by atoms with van der Waals surface area (Å²) in [6.07, 6.45) is 7.74. The van der Waals surface area contributed by atoms with Gasteiger partial charge in [-0.05, 0) is 54.6 Å². The molecule has 12 heteroatoms. The van der Waals surface area contributed by atoms with Gasteiger partial charge in [0.1, 0.15) is 6.33 Å². The summed E-state index contributed by atoms with van der Waals surface area (Å²) in [4.78, 5) is 28.2. The number of carbonyl (C=O) groups excluding carboxylic acids is 1. The van der Waals surface area contributed by atoms with Crippen LogP contribution in [0.5, 0.6) is 0 Å². The van der Waals surface area contributed by atoms with Crippen molar-refractivity contribution in [3.05, 3.63) is 63.8 Å². The van der Waals surface area contributed by atoms with Crippen molar-refractivity contribution in [1.82, 2.24) is 19.7 Å². The van der Waals surface area contributed by atoms with Crippen LogP contribution >= 0.6 is 11.8 Å². The van der Waals surface area contributed by atoms with Gasteiger partial charge in [-0.15, -0.1) is 10.2 Å². The van der Waals surface area contributed by atoms with E-state index in [-0.39, 0.29) is 29.6 Å². The Bertz CT molecular complexity index is 1200. The molecule has 0 spiro atoms. The number of amides is 1. The number of anilines is 1. The van der Waals surface area contributed by atoms with Gasteiger partial charge in [0.05, 0.1) is 10.5 Å². The molecule has 0 radical (unpaired) electrons. The second-order valence-corrected chi connectivity index (χ2v) is 8.97. The summed E-state index contributed by atoms with van der Waals surface area (Å²) in [5, 5.41) is 31.1. The minimum Gasteiger partial charge on any atom is -0.396 e. The van der Waals surface area contributed by atoms with Crippen LogP contribution in [0.1, 0.15) is 53.9 Å². The van der Waals surface area contributed by atoms with E-state index in [2.05, 4.69) is 20.5 Å². The van der Waals surface area contributed by atoms with E-state index >= 15 is 0 Å². The highest BCUT2D eigenvalue weighted by atomic mass is 32.2. The number of nitro benzene ring substituents is 1.